The van der Waals surface area contributed by atoms with Gasteiger partial charge in [-0.25, -0.2) is 4.98 Å². The average molecular weight is 195 g/mol. The van der Waals surface area contributed by atoms with Crippen LogP contribution in [-0.4, -0.2) is 24.6 Å². The summed E-state index contributed by atoms with van der Waals surface area (Å²) in [6, 6.07) is 5.28. The molecule has 5 heteroatoms. The fourth-order valence-electron chi connectivity index (χ4n) is 0.945. The zero-order chi connectivity index (χ0) is 10.4. The van der Waals surface area contributed by atoms with Crippen molar-refractivity contribution < 1.29 is 9.53 Å². The van der Waals surface area contributed by atoms with Crippen molar-refractivity contribution in [3.8, 4) is 0 Å². The maximum atomic E-state index is 10.8. The van der Waals surface area contributed by atoms with Gasteiger partial charge in [0.15, 0.2) is 0 Å². The molecule has 0 amide bonds. The molecule has 0 saturated carbocycles. The van der Waals surface area contributed by atoms with Gasteiger partial charge in [0.2, 0.25) is 0 Å². The van der Waals surface area contributed by atoms with E-state index in [2.05, 4.69) is 15.0 Å². The number of anilines is 2. The quantitative estimate of drug-likeness (QED) is 0.689. The number of rotatable bonds is 4. The lowest BCUT2D eigenvalue weighted by Gasteiger charge is -2.04. The van der Waals surface area contributed by atoms with Crippen LogP contribution in [0.15, 0.2) is 18.2 Å². The van der Waals surface area contributed by atoms with E-state index in [0.717, 1.165) is 0 Å². The standard InChI is InChI=1S/C9H13N3O2/c1-14-9(13)5-6-11-8-4-2-3-7(10)12-8/h2-4H,5-6H2,1H3,(H3,10,11,12). The monoisotopic (exact) mass is 195 g/mol. The van der Waals surface area contributed by atoms with E-state index >= 15 is 0 Å². The normalized spacial score (nSPS) is 9.50. The number of pyridine rings is 1. The SMILES string of the molecule is COC(=O)CCNc1cccc(N)n1. The molecule has 5 nitrogen and oxygen atoms in total. The molecule has 0 unspecified atom stereocenters. The van der Waals surface area contributed by atoms with Crippen LogP contribution in [0.3, 0.4) is 0 Å². The van der Waals surface area contributed by atoms with Crippen molar-refractivity contribution in [2.75, 3.05) is 24.7 Å². The lowest BCUT2D eigenvalue weighted by molar-refractivity contribution is -0.140. The molecule has 1 heterocycles. The second-order valence-electron chi connectivity index (χ2n) is 2.70. The number of hydrogen-bond donors (Lipinski definition) is 2. The number of aromatic nitrogens is 1. The van der Waals surface area contributed by atoms with Crippen LogP contribution in [0, 0.1) is 0 Å². The first-order valence-electron chi connectivity index (χ1n) is 4.25. The summed E-state index contributed by atoms with van der Waals surface area (Å²) in [4.78, 5) is 14.8. The van der Waals surface area contributed by atoms with Crippen LogP contribution in [0.1, 0.15) is 6.42 Å². The predicted octanol–water partition coefficient (Wildman–Crippen LogP) is 0.639. The van der Waals surface area contributed by atoms with Crippen molar-refractivity contribution in [3.63, 3.8) is 0 Å². The molecule has 0 atom stereocenters. The highest BCUT2D eigenvalue weighted by atomic mass is 16.5. The van der Waals surface area contributed by atoms with Crippen molar-refractivity contribution in [1.29, 1.82) is 0 Å². The minimum Gasteiger partial charge on any atom is -0.469 e. The summed E-state index contributed by atoms with van der Waals surface area (Å²) in [6.45, 7) is 0.489. The van der Waals surface area contributed by atoms with E-state index in [-0.39, 0.29) is 5.97 Å². The second kappa shape index (κ2) is 5.06. The van der Waals surface area contributed by atoms with E-state index < -0.39 is 0 Å². The lowest BCUT2D eigenvalue weighted by Crippen LogP contribution is -2.10. The molecular weight excluding hydrogens is 182 g/mol. The third-order valence-corrected chi connectivity index (χ3v) is 1.63. The fourth-order valence-corrected chi connectivity index (χ4v) is 0.945. The highest BCUT2D eigenvalue weighted by Crippen LogP contribution is 2.05. The largest absolute Gasteiger partial charge is 0.469 e. The van der Waals surface area contributed by atoms with Gasteiger partial charge >= 0.3 is 5.97 Å². The van der Waals surface area contributed by atoms with E-state index in [1.807, 2.05) is 0 Å². The van der Waals surface area contributed by atoms with E-state index in [4.69, 9.17) is 5.73 Å². The Kier molecular flexibility index (Phi) is 3.72. The molecule has 76 valence electrons. The molecule has 0 aromatic carbocycles. The minimum atomic E-state index is -0.249. The Bertz CT molecular complexity index is 315. The zero-order valence-corrected chi connectivity index (χ0v) is 7.99. The number of nitrogens with zero attached hydrogens (tertiary/aromatic N) is 1. The number of nitrogens with two attached hydrogens (primary N) is 1. The van der Waals surface area contributed by atoms with Crippen LogP contribution in [0.4, 0.5) is 11.6 Å². The molecule has 1 aromatic rings. The van der Waals surface area contributed by atoms with Gasteiger partial charge in [-0.2, -0.15) is 0 Å². The Hall–Kier alpha value is -1.78. The summed E-state index contributed by atoms with van der Waals surface area (Å²) < 4.78 is 4.49. The summed E-state index contributed by atoms with van der Waals surface area (Å²) in [5.41, 5.74) is 5.47. The van der Waals surface area contributed by atoms with E-state index in [0.29, 0.717) is 24.6 Å². The number of methoxy groups -OCH3 is 1. The Balaban J connectivity index is 2.35. The summed E-state index contributed by atoms with van der Waals surface area (Å²) in [5, 5.41) is 2.96. The predicted molar refractivity (Wildman–Crippen MR) is 53.8 cm³/mol. The molecule has 0 radical (unpaired) electrons. The number of nitrogens with one attached hydrogen (secondary N) is 1. The molecule has 0 fully saturated rings. The summed E-state index contributed by atoms with van der Waals surface area (Å²) in [5.74, 6) is 0.864. The van der Waals surface area contributed by atoms with Crippen molar-refractivity contribution in [2.24, 2.45) is 0 Å². The summed E-state index contributed by atoms with van der Waals surface area (Å²) in [6.07, 6.45) is 0.312. The van der Waals surface area contributed by atoms with Crippen LogP contribution >= 0.6 is 0 Å². The third-order valence-electron chi connectivity index (χ3n) is 1.63. The molecule has 3 N–H and O–H groups in total. The number of ether oxygens (including phenoxy) is 1. The van der Waals surface area contributed by atoms with Crippen LogP contribution in [0.2, 0.25) is 0 Å². The Morgan fingerprint density at radius 2 is 2.43 bits per heavy atom. The van der Waals surface area contributed by atoms with Crippen molar-refractivity contribution >= 4 is 17.6 Å². The summed E-state index contributed by atoms with van der Waals surface area (Å²) >= 11 is 0. The van der Waals surface area contributed by atoms with Gasteiger partial charge in [0.05, 0.1) is 13.5 Å². The average Bonchev–Trinajstić information content (AvgIpc) is 2.17. The molecule has 0 spiro atoms. The third kappa shape index (κ3) is 3.30. The Morgan fingerprint density at radius 3 is 3.07 bits per heavy atom. The zero-order valence-electron chi connectivity index (χ0n) is 7.99. The Labute approximate surface area is 82.3 Å². The summed E-state index contributed by atoms with van der Waals surface area (Å²) in [7, 11) is 1.36. The van der Waals surface area contributed by atoms with Gasteiger partial charge in [-0.3, -0.25) is 4.79 Å². The maximum Gasteiger partial charge on any atom is 0.307 e. The van der Waals surface area contributed by atoms with E-state index in [1.54, 1.807) is 18.2 Å². The van der Waals surface area contributed by atoms with Gasteiger partial charge < -0.3 is 15.8 Å². The molecule has 0 aliphatic rings. The van der Waals surface area contributed by atoms with E-state index in [9.17, 15) is 4.79 Å². The first-order valence-corrected chi connectivity index (χ1v) is 4.25. The van der Waals surface area contributed by atoms with Crippen LogP contribution in [0.25, 0.3) is 0 Å². The molecule has 0 bridgehead atoms. The number of nitrogen functional groups attached to an aromatic ring is 1. The van der Waals surface area contributed by atoms with Gasteiger partial charge in [0, 0.05) is 6.54 Å². The van der Waals surface area contributed by atoms with E-state index in [1.165, 1.54) is 7.11 Å². The molecule has 0 aliphatic heterocycles. The molecule has 1 aromatic heterocycles. The number of hydrogen-bond acceptors (Lipinski definition) is 5. The maximum absolute atomic E-state index is 10.8. The van der Waals surface area contributed by atoms with Crippen molar-refractivity contribution in [3.05, 3.63) is 18.2 Å². The molecule has 0 saturated heterocycles. The van der Waals surface area contributed by atoms with Gasteiger partial charge in [-0.05, 0) is 12.1 Å². The van der Waals surface area contributed by atoms with Crippen molar-refractivity contribution in [2.45, 2.75) is 6.42 Å². The fraction of sp³-hybridized carbons (Fsp3) is 0.333. The van der Waals surface area contributed by atoms with Gasteiger partial charge in [-0.1, -0.05) is 6.07 Å². The van der Waals surface area contributed by atoms with Gasteiger partial charge in [-0.15, -0.1) is 0 Å². The number of carbonyl (C=O) groups is 1. The second-order valence-corrected chi connectivity index (χ2v) is 2.70. The number of esters is 1. The van der Waals surface area contributed by atoms with Gasteiger partial charge in [0.1, 0.15) is 11.6 Å². The highest BCUT2D eigenvalue weighted by molar-refractivity contribution is 5.69. The van der Waals surface area contributed by atoms with Crippen molar-refractivity contribution in [1.82, 2.24) is 4.98 Å². The highest BCUT2D eigenvalue weighted by Gasteiger charge is 1.99. The minimum absolute atomic E-state index is 0.249. The van der Waals surface area contributed by atoms with Crippen LogP contribution in [-0.2, 0) is 9.53 Å². The van der Waals surface area contributed by atoms with Crippen LogP contribution in [0.5, 0.6) is 0 Å². The number of carbonyl (C=O) groups excluding carboxylic acids is 1. The van der Waals surface area contributed by atoms with Gasteiger partial charge in [0.25, 0.3) is 0 Å². The molecular formula is C9H13N3O2. The molecule has 14 heavy (non-hydrogen) atoms. The molecule has 1 rings (SSSR count). The first-order chi connectivity index (χ1) is 6.72. The molecule has 0 aliphatic carbocycles. The topological polar surface area (TPSA) is 77.2 Å². The van der Waals surface area contributed by atoms with Crippen LogP contribution < -0.4 is 11.1 Å². The first kappa shape index (κ1) is 10.3. The smallest absolute Gasteiger partial charge is 0.307 e. The lowest BCUT2D eigenvalue weighted by atomic mass is 10.4. The Morgan fingerprint density at radius 1 is 1.64 bits per heavy atom.